The summed E-state index contributed by atoms with van der Waals surface area (Å²) < 4.78 is -1.28. The van der Waals surface area contributed by atoms with Crippen molar-refractivity contribution in [3.63, 3.8) is 0 Å². The van der Waals surface area contributed by atoms with Crippen LogP contribution in [-0.4, -0.2) is 32.6 Å². The fourth-order valence-corrected chi connectivity index (χ4v) is 3.56. The monoisotopic (exact) mass is 770 g/mol. The number of aromatic nitrogens is 1. The van der Waals surface area contributed by atoms with Crippen molar-refractivity contribution in [1.29, 1.82) is 0 Å². The van der Waals surface area contributed by atoms with Gasteiger partial charge >= 0.3 is 17.4 Å². The van der Waals surface area contributed by atoms with Crippen LogP contribution in [0.15, 0.2) is 12.3 Å². The van der Waals surface area contributed by atoms with Crippen molar-refractivity contribution in [1.82, 2.24) is 4.98 Å². The number of carbonyl (C=O) groups is 3. The molecule has 0 spiro atoms. The second-order valence-electron chi connectivity index (χ2n) is 12.0. The molecule has 0 bridgehead atoms. The Morgan fingerprint density at radius 3 is 1.15 bits per heavy atom. The van der Waals surface area contributed by atoms with Gasteiger partial charge in [-0.2, -0.15) is 0 Å². The normalized spacial score (nSPS) is 10.2. The van der Waals surface area contributed by atoms with Gasteiger partial charge in [0.25, 0.3) is 0 Å². The van der Waals surface area contributed by atoms with Crippen LogP contribution in [0.1, 0.15) is 144 Å². The largest absolute Gasteiger partial charge is 3.00 e. The van der Waals surface area contributed by atoms with E-state index in [1.807, 2.05) is 6.20 Å². The number of carboxylic acid groups (broad SMARTS) is 3. The molecule has 7 nitrogen and oxygen atoms in total. The fourth-order valence-electron chi connectivity index (χ4n) is 3.56. The van der Waals surface area contributed by atoms with Gasteiger partial charge in [0.05, 0.1) is 5.88 Å². The fraction of sp³-hybridized carbons (Fsp3) is 0.794. The van der Waals surface area contributed by atoms with Crippen molar-refractivity contribution in [3.05, 3.63) is 23.5 Å². The van der Waals surface area contributed by atoms with E-state index in [2.05, 4.69) is 66.4 Å². The Hall–Kier alpha value is -0.618. The zero-order valence-electron chi connectivity index (χ0n) is 29.4. The van der Waals surface area contributed by atoms with Crippen molar-refractivity contribution in [2.24, 2.45) is 17.8 Å². The second-order valence-corrected chi connectivity index (χ2v) is 14.8. The average molecular weight is 773 g/mol. The first kappa shape index (κ1) is 54.8. The number of carboxylic acids is 3. The van der Waals surface area contributed by atoms with E-state index in [0.29, 0.717) is 17.8 Å². The third-order valence-corrected chi connectivity index (χ3v) is 7.26. The summed E-state index contributed by atoms with van der Waals surface area (Å²) in [6, 6.07) is 2.15. The molecule has 0 atom stereocenters. The smallest absolute Gasteiger partial charge is 0.550 e. The molecular weight excluding hydrogens is 712 g/mol. The van der Waals surface area contributed by atoms with Crippen molar-refractivity contribution in [3.8, 4) is 0 Å². The average Bonchev–Trinajstić information content (AvgIpc) is 3.40. The van der Waals surface area contributed by atoms with Crippen LogP contribution in [0.25, 0.3) is 0 Å². The van der Waals surface area contributed by atoms with Crippen LogP contribution < -0.4 is 15.3 Å². The number of rotatable bonds is 17. The number of aromatic amines is 1. The number of unbranched alkanes of at least 4 members (excludes halogenated alkanes) is 3. The van der Waals surface area contributed by atoms with E-state index < -0.39 is 21.7 Å². The van der Waals surface area contributed by atoms with E-state index in [1.165, 1.54) is 11.3 Å². The number of alkyl halides is 4. The maximum atomic E-state index is 9.93. The first-order valence-electron chi connectivity index (χ1n) is 16.2. The minimum absolute atomic E-state index is 0. The summed E-state index contributed by atoms with van der Waals surface area (Å²) in [7, 11) is 0. The summed E-state index contributed by atoms with van der Waals surface area (Å²) >= 11 is 20.4. The molecule has 0 saturated carbocycles. The molecule has 1 aromatic rings. The van der Waals surface area contributed by atoms with Gasteiger partial charge in [0, 0.05) is 29.8 Å². The van der Waals surface area contributed by atoms with Gasteiger partial charge in [-0.15, -0.1) is 11.6 Å². The van der Waals surface area contributed by atoms with Crippen molar-refractivity contribution in [2.75, 3.05) is 5.88 Å². The van der Waals surface area contributed by atoms with Crippen molar-refractivity contribution >= 4 is 64.3 Å². The number of hydrogen-bond acceptors (Lipinski definition) is 6. The molecule has 1 N–H and O–H groups in total. The number of hydrogen-bond donors (Lipinski definition) is 1. The van der Waals surface area contributed by atoms with Gasteiger partial charge < -0.3 is 34.7 Å². The minimum Gasteiger partial charge on any atom is -0.550 e. The summed E-state index contributed by atoms with van der Waals surface area (Å²) in [5.41, 5.74) is 2.84. The molecule has 0 aliphatic heterocycles. The summed E-state index contributed by atoms with van der Waals surface area (Å²) in [6.45, 7) is 17.2. The Kier molecular flexibility index (Phi) is 44.3. The Bertz CT molecular complexity index is 750. The van der Waals surface area contributed by atoms with Gasteiger partial charge in [0.1, 0.15) is 0 Å². The van der Waals surface area contributed by atoms with E-state index in [0.717, 1.165) is 70.6 Å². The number of nitrogens with one attached hydrogen (secondary N) is 1. The van der Waals surface area contributed by atoms with Crippen LogP contribution in [0, 0.1) is 17.8 Å². The van der Waals surface area contributed by atoms with Gasteiger partial charge in [-0.3, -0.25) is 0 Å². The van der Waals surface area contributed by atoms with Gasteiger partial charge in [-0.25, -0.2) is 0 Å². The molecule has 0 aliphatic rings. The third kappa shape index (κ3) is 55.8. The van der Waals surface area contributed by atoms with Gasteiger partial charge in [0.15, 0.2) is 0 Å². The van der Waals surface area contributed by atoms with E-state index >= 15 is 0 Å². The molecule has 46 heavy (non-hydrogen) atoms. The third-order valence-electron chi connectivity index (χ3n) is 6.05. The Morgan fingerprint density at radius 1 is 0.674 bits per heavy atom. The van der Waals surface area contributed by atoms with E-state index in [4.69, 9.17) is 46.4 Å². The number of H-pyrrole nitrogens is 1. The second kappa shape index (κ2) is 37.2. The molecule has 0 unspecified atom stereocenters. The molecule has 1 radical (unpaired) electrons. The molecule has 1 heterocycles. The molecule has 1 aromatic heterocycles. The Labute approximate surface area is 311 Å². The molecule has 0 saturated heterocycles. The number of aryl methyl sites for hydroxylation is 2. The summed E-state index contributed by atoms with van der Waals surface area (Å²) in [5.74, 6) is -0.695. The molecule has 1 rings (SSSR count). The van der Waals surface area contributed by atoms with Crippen molar-refractivity contribution < 1.29 is 47.1 Å². The molecule has 12 heteroatoms. The van der Waals surface area contributed by atoms with Crippen LogP contribution in [-0.2, 0) is 44.6 Å². The molecule has 0 aromatic carbocycles. The SMILES string of the molecule is CC(C)CCCCC(=O)[O-].CC(C)CCCCC(=O)[O-].CC(C)CCCCC(=O)[O-].CCc1cc[nH]c1CC.ClCC(Cl)(Cl)Cl.[Cr+3]. The summed E-state index contributed by atoms with van der Waals surface area (Å²) in [4.78, 5) is 33.0. The van der Waals surface area contributed by atoms with Crippen LogP contribution in [0.2, 0.25) is 0 Å². The van der Waals surface area contributed by atoms with Crippen LogP contribution in [0.3, 0.4) is 0 Å². The maximum Gasteiger partial charge on any atom is 3.00 e. The number of carbonyl (C=O) groups excluding carboxylic acids is 3. The minimum atomic E-state index is -1.28. The Balaban J connectivity index is -0.000000153. The van der Waals surface area contributed by atoms with E-state index in [9.17, 15) is 29.7 Å². The molecular formula is C34H60Cl4CrNO6. The number of halogens is 4. The van der Waals surface area contributed by atoms with Crippen LogP contribution >= 0.6 is 46.4 Å². The van der Waals surface area contributed by atoms with E-state index in [-0.39, 0.29) is 42.5 Å². The Morgan fingerprint density at radius 2 is 0.978 bits per heavy atom. The first-order chi connectivity index (χ1) is 20.8. The van der Waals surface area contributed by atoms with Crippen LogP contribution in [0.5, 0.6) is 0 Å². The zero-order chi connectivity index (χ0) is 35.8. The topological polar surface area (TPSA) is 136 Å². The van der Waals surface area contributed by atoms with E-state index in [1.54, 1.807) is 0 Å². The van der Waals surface area contributed by atoms with Gasteiger partial charge in [0.2, 0.25) is 3.79 Å². The van der Waals surface area contributed by atoms with Crippen LogP contribution in [0.4, 0.5) is 0 Å². The predicted octanol–water partition coefficient (Wildman–Crippen LogP) is 7.59. The summed E-state index contributed by atoms with van der Waals surface area (Å²) in [5, 5.41) is 29.8. The zero-order valence-corrected chi connectivity index (χ0v) is 33.7. The van der Waals surface area contributed by atoms with Crippen molar-refractivity contribution in [2.45, 2.75) is 149 Å². The summed E-state index contributed by atoms with van der Waals surface area (Å²) in [6.07, 6.45) is 13.6. The molecule has 0 aliphatic carbocycles. The van der Waals surface area contributed by atoms with Gasteiger partial charge in [-0.05, 0) is 80.8 Å². The quantitative estimate of drug-likeness (QED) is 0.128. The predicted molar refractivity (Wildman–Crippen MR) is 185 cm³/mol. The standard InChI is InChI=1S/C8H13N.3C8H16O2.C2H2Cl4.Cr/c1-3-7-5-6-9-8(7)4-2;3*1-7(2)5-3-4-6-8(9)10;3-1-2(4,5)6;/h5-6,9H,3-4H2,1-2H3;3*7H,3-6H2,1-2H3,(H,9,10);1H2;/q;;;;;+3/p-3. The molecule has 0 amide bonds. The van der Waals surface area contributed by atoms with Gasteiger partial charge in [-0.1, -0.05) is 129 Å². The number of aliphatic carboxylic acids is 3. The molecule has 0 fully saturated rings. The molecule has 271 valence electrons. The maximum absolute atomic E-state index is 9.93. The first-order valence-corrected chi connectivity index (χ1v) is 17.9.